The smallest absolute Gasteiger partial charge is 0.335 e. The van der Waals surface area contributed by atoms with Crippen molar-refractivity contribution in [1.82, 2.24) is 9.55 Å². The molecule has 6 heteroatoms. The number of imidazole rings is 1. The van der Waals surface area contributed by atoms with Gasteiger partial charge in [-0.25, -0.2) is 9.78 Å². The zero-order valence-electron chi connectivity index (χ0n) is 14.7. The molecule has 0 aliphatic rings. The topological polar surface area (TPSA) is 92.0 Å². The van der Waals surface area contributed by atoms with Crippen molar-refractivity contribution in [2.75, 3.05) is 0 Å². The van der Waals surface area contributed by atoms with Gasteiger partial charge in [-0.3, -0.25) is 0 Å². The first kappa shape index (κ1) is 17.3. The number of allylic oxidation sites excluding steroid dienone is 1. The van der Waals surface area contributed by atoms with Crippen LogP contribution in [-0.2, 0) is 6.54 Å². The number of para-hydroxylation sites is 2. The predicted octanol–water partition coefficient (Wildman–Crippen LogP) is 4.60. The summed E-state index contributed by atoms with van der Waals surface area (Å²) in [7, 11) is 0. The number of rotatable bonds is 5. The molecule has 0 saturated carbocycles. The number of carbonyl (C=O) groups is 1. The van der Waals surface area contributed by atoms with E-state index in [0.29, 0.717) is 23.6 Å². The molecule has 4 rings (SSSR count). The summed E-state index contributed by atoms with van der Waals surface area (Å²) in [5.74, 6) is 0.187. The maximum Gasteiger partial charge on any atom is 0.335 e. The molecule has 2 heterocycles. The van der Waals surface area contributed by atoms with Crippen LogP contribution in [0.4, 0.5) is 0 Å². The van der Waals surface area contributed by atoms with Crippen LogP contribution in [-0.4, -0.2) is 20.6 Å². The van der Waals surface area contributed by atoms with Gasteiger partial charge in [-0.1, -0.05) is 24.3 Å². The quantitative estimate of drug-likeness (QED) is 0.519. The van der Waals surface area contributed by atoms with Gasteiger partial charge in [-0.15, -0.1) is 0 Å². The Kier molecular flexibility index (Phi) is 4.48. The van der Waals surface area contributed by atoms with Gasteiger partial charge >= 0.3 is 5.97 Å². The molecule has 2 aromatic heterocycles. The number of furan rings is 1. The van der Waals surface area contributed by atoms with Crippen LogP contribution in [0.3, 0.4) is 0 Å². The lowest BCUT2D eigenvalue weighted by atomic mass is 10.1. The Morgan fingerprint density at radius 2 is 1.93 bits per heavy atom. The summed E-state index contributed by atoms with van der Waals surface area (Å²) in [4.78, 5) is 15.3. The van der Waals surface area contributed by atoms with Gasteiger partial charge in [0.15, 0.2) is 0 Å². The number of fused-ring (bicyclic) bond motifs is 1. The van der Waals surface area contributed by atoms with E-state index in [1.807, 2.05) is 28.8 Å². The Labute approximate surface area is 160 Å². The summed E-state index contributed by atoms with van der Waals surface area (Å²) in [6, 6.07) is 20.0. The SMILES string of the molecule is N#C/C(=C/c1ccc(-c2ccc(C(=O)O)cc2)o1)Cn1cnc2ccccc21. The highest BCUT2D eigenvalue weighted by Crippen LogP contribution is 2.24. The van der Waals surface area contributed by atoms with Gasteiger partial charge in [0.05, 0.1) is 41.1 Å². The summed E-state index contributed by atoms with van der Waals surface area (Å²) in [6.45, 7) is 0.389. The molecule has 0 atom stereocenters. The molecular weight excluding hydrogens is 354 g/mol. The van der Waals surface area contributed by atoms with E-state index in [9.17, 15) is 10.1 Å². The van der Waals surface area contributed by atoms with E-state index in [4.69, 9.17) is 9.52 Å². The molecule has 0 fully saturated rings. The minimum absolute atomic E-state index is 0.217. The van der Waals surface area contributed by atoms with Crippen LogP contribution in [0.15, 0.2) is 77.0 Å². The predicted molar refractivity (Wildman–Crippen MR) is 104 cm³/mol. The van der Waals surface area contributed by atoms with E-state index in [1.54, 1.807) is 36.7 Å². The van der Waals surface area contributed by atoms with Crippen molar-refractivity contribution < 1.29 is 14.3 Å². The molecule has 2 aromatic carbocycles. The molecule has 0 amide bonds. The third-order valence-electron chi connectivity index (χ3n) is 4.37. The standard InChI is InChI=1S/C22H15N3O3/c23-12-15(13-25-14-24-19-3-1-2-4-20(19)25)11-18-9-10-21(28-18)16-5-7-17(8-6-16)22(26)27/h1-11,14H,13H2,(H,26,27)/b15-11-. The minimum atomic E-state index is -0.972. The normalized spacial score (nSPS) is 11.5. The Hall–Kier alpha value is -4.11. The zero-order chi connectivity index (χ0) is 19.5. The second kappa shape index (κ2) is 7.25. The van der Waals surface area contributed by atoms with Gasteiger partial charge in [0.2, 0.25) is 0 Å². The van der Waals surface area contributed by atoms with Crippen molar-refractivity contribution in [1.29, 1.82) is 5.26 Å². The monoisotopic (exact) mass is 369 g/mol. The van der Waals surface area contributed by atoms with Gasteiger partial charge < -0.3 is 14.1 Å². The molecule has 0 radical (unpaired) electrons. The molecule has 1 N–H and O–H groups in total. The number of carboxylic acid groups (broad SMARTS) is 1. The molecule has 0 unspecified atom stereocenters. The fraction of sp³-hybridized carbons (Fsp3) is 0.0455. The number of nitriles is 1. The average Bonchev–Trinajstić information content (AvgIpc) is 3.35. The van der Waals surface area contributed by atoms with E-state index < -0.39 is 5.97 Å². The summed E-state index contributed by atoms with van der Waals surface area (Å²) in [6.07, 6.45) is 3.41. The number of benzene rings is 2. The first-order valence-electron chi connectivity index (χ1n) is 8.58. The summed E-state index contributed by atoms with van der Waals surface area (Å²) < 4.78 is 7.72. The van der Waals surface area contributed by atoms with Crippen molar-refractivity contribution in [2.24, 2.45) is 0 Å². The van der Waals surface area contributed by atoms with E-state index in [0.717, 1.165) is 16.6 Å². The van der Waals surface area contributed by atoms with E-state index >= 15 is 0 Å². The highest BCUT2D eigenvalue weighted by Gasteiger charge is 2.08. The lowest BCUT2D eigenvalue weighted by molar-refractivity contribution is 0.0697. The number of carboxylic acids is 1. The highest BCUT2D eigenvalue weighted by atomic mass is 16.4. The molecule has 0 aliphatic carbocycles. The van der Waals surface area contributed by atoms with Gasteiger partial charge in [0.1, 0.15) is 11.5 Å². The maximum atomic E-state index is 11.0. The van der Waals surface area contributed by atoms with Crippen molar-refractivity contribution in [3.63, 3.8) is 0 Å². The Morgan fingerprint density at radius 1 is 1.14 bits per heavy atom. The average molecular weight is 369 g/mol. The zero-order valence-corrected chi connectivity index (χ0v) is 14.7. The molecule has 0 aliphatic heterocycles. The minimum Gasteiger partial charge on any atom is -0.478 e. The van der Waals surface area contributed by atoms with Crippen LogP contribution in [0.5, 0.6) is 0 Å². The number of hydrogen-bond acceptors (Lipinski definition) is 4. The van der Waals surface area contributed by atoms with Gasteiger partial charge in [0.25, 0.3) is 0 Å². The lowest BCUT2D eigenvalue weighted by Gasteiger charge is -2.02. The molecule has 136 valence electrons. The maximum absolute atomic E-state index is 11.0. The number of hydrogen-bond donors (Lipinski definition) is 1. The fourth-order valence-electron chi connectivity index (χ4n) is 2.97. The van der Waals surface area contributed by atoms with Crippen LogP contribution in [0.1, 0.15) is 16.1 Å². The van der Waals surface area contributed by atoms with Crippen LogP contribution in [0.2, 0.25) is 0 Å². The van der Waals surface area contributed by atoms with Crippen molar-refractivity contribution in [3.8, 4) is 17.4 Å². The second-order valence-electron chi connectivity index (χ2n) is 6.23. The first-order chi connectivity index (χ1) is 13.6. The molecular formula is C22H15N3O3. The third-order valence-corrected chi connectivity index (χ3v) is 4.37. The Morgan fingerprint density at radius 3 is 2.68 bits per heavy atom. The third kappa shape index (κ3) is 3.41. The molecule has 28 heavy (non-hydrogen) atoms. The molecule has 6 nitrogen and oxygen atoms in total. The van der Waals surface area contributed by atoms with Crippen molar-refractivity contribution >= 4 is 23.1 Å². The molecule has 0 saturated heterocycles. The first-order valence-corrected chi connectivity index (χ1v) is 8.58. The molecule has 0 bridgehead atoms. The van der Waals surface area contributed by atoms with Crippen LogP contribution >= 0.6 is 0 Å². The largest absolute Gasteiger partial charge is 0.478 e. The highest BCUT2D eigenvalue weighted by molar-refractivity contribution is 5.88. The number of aromatic carboxylic acids is 1. The van der Waals surface area contributed by atoms with Crippen LogP contribution in [0, 0.1) is 11.3 Å². The van der Waals surface area contributed by atoms with Gasteiger partial charge in [-0.2, -0.15) is 5.26 Å². The van der Waals surface area contributed by atoms with Gasteiger partial charge in [-0.05, 0) is 42.5 Å². The lowest BCUT2D eigenvalue weighted by Crippen LogP contribution is -1.98. The molecule has 4 aromatic rings. The van der Waals surface area contributed by atoms with E-state index in [-0.39, 0.29) is 5.56 Å². The van der Waals surface area contributed by atoms with Crippen molar-refractivity contribution in [2.45, 2.75) is 6.54 Å². The van der Waals surface area contributed by atoms with Crippen LogP contribution in [0.25, 0.3) is 28.4 Å². The number of aromatic nitrogens is 2. The van der Waals surface area contributed by atoms with Crippen molar-refractivity contribution in [3.05, 3.63) is 83.9 Å². The Balaban J connectivity index is 1.57. The van der Waals surface area contributed by atoms with Crippen LogP contribution < -0.4 is 0 Å². The summed E-state index contributed by atoms with van der Waals surface area (Å²) >= 11 is 0. The van der Waals surface area contributed by atoms with E-state index in [2.05, 4.69) is 11.1 Å². The molecule has 0 spiro atoms. The second-order valence-corrected chi connectivity index (χ2v) is 6.23. The fourth-order valence-corrected chi connectivity index (χ4v) is 2.97. The summed E-state index contributed by atoms with van der Waals surface area (Å²) in [5.41, 5.74) is 3.36. The Bertz CT molecular complexity index is 1220. The summed E-state index contributed by atoms with van der Waals surface area (Å²) in [5, 5.41) is 18.5. The van der Waals surface area contributed by atoms with Gasteiger partial charge in [0, 0.05) is 5.56 Å². The number of nitrogens with zero attached hydrogens (tertiary/aromatic N) is 3. The van der Waals surface area contributed by atoms with E-state index in [1.165, 1.54) is 12.1 Å².